The van der Waals surface area contributed by atoms with Gasteiger partial charge in [0.15, 0.2) is 18.1 Å². The maximum Gasteiger partial charge on any atom is 0.338 e. The molecule has 33 heavy (non-hydrogen) atoms. The Bertz CT molecular complexity index is 944. The van der Waals surface area contributed by atoms with Crippen LogP contribution in [0.2, 0.25) is 0 Å². The summed E-state index contributed by atoms with van der Waals surface area (Å²) < 4.78 is 16.1. The fourth-order valence-electron chi connectivity index (χ4n) is 2.79. The molecule has 0 saturated carbocycles. The molecule has 0 saturated heterocycles. The van der Waals surface area contributed by atoms with Crippen LogP contribution in [-0.2, 0) is 16.1 Å². The van der Waals surface area contributed by atoms with Gasteiger partial charge in [0.1, 0.15) is 0 Å². The fourth-order valence-corrected chi connectivity index (χ4v) is 2.79. The van der Waals surface area contributed by atoms with E-state index in [1.807, 2.05) is 27.7 Å². The second-order valence-corrected chi connectivity index (χ2v) is 7.33. The van der Waals surface area contributed by atoms with Crippen molar-refractivity contribution in [2.45, 2.75) is 40.3 Å². The van der Waals surface area contributed by atoms with Crippen molar-refractivity contribution in [1.82, 2.24) is 10.6 Å². The highest BCUT2D eigenvalue weighted by Gasteiger charge is 2.12. The van der Waals surface area contributed by atoms with Crippen LogP contribution in [0.15, 0.2) is 42.5 Å². The molecular weight excluding hydrogens is 426 g/mol. The number of hydrogen-bond donors (Lipinski definition) is 3. The first-order valence-corrected chi connectivity index (χ1v) is 10.8. The van der Waals surface area contributed by atoms with Gasteiger partial charge in [-0.3, -0.25) is 4.79 Å². The van der Waals surface area contributed by atoms with Crippen LogP contribution in [0.1, 0.15) is 43.6 Å². The standard InChI is InChI=1S/C24H31N3O6/c1-5-31-20-12-11-19(13-21(20)32-6-2)27-22(28)15-33-23(29)18-9-7-17(8-10-18)14-25-24(30)26-16(3)4/h7-13,16H,5-6,14-15H2,1-4H3,(H,27,28)(H2,25,26,30). The summed E-state index contributed by atoms with van der Waals surface area (Å²) in [5, 5.41) is 8.13. The molecule has 2 aromatic rings. The number of rotatable bonds is 11. The van der Waals surface area contributed by atoms with E-state index in [4.69, 9.17) is 14.2 Å². The molecule has 9 nitrogen and oxygen atoms in total. The largest absolute Gasteiger partial charge is 0.490 e. The van der Waals surface area contributed by atoms with E-state index in [9.17, 15) is 14.4 Å². The molecule has 0 unspecified atom stereocenters. The van der Waals surface area contributed by atoms with Crippen LogP contribution in [0, 0.1) is 0 Å². The Kier molecular flexibility index (Phi) is 10.0. The molecular formula is C24H31N3O6. The fraction of sp³-hybridized carbons (Fsp3) is 0.375. The lowest BCUT2D eigenvalue weighted by Crippen LogP contribution is -2.39. The average Bonchev–Trinajstić information content (AvgIpc) is 2.78. The van der Waals surface area contributed by atoms with Gasteiger partial charge in [-0.15, -0.1) is 0 Å². The number of esters is 1. The third-order valence-electron chi connectivity index (χ3n) is 4.22. The van der Waals surface area contributed by atoms with Crippen LogP contribution in [0.4, 0.5) is 10.5 Å². The lowest BCUT2D eigenvalue weighted by atomic mass is 10.1. The summed E-state index contributed by atoms with van der Waals surface area (Å²) in [4.78, 5) is 36.1. The van der Waals surface area contributed by atoms with Crippen LogP contribution >= 0.6 is 0 Å². The number of ether oxygens (including phenoxy) is 3. The minimum absolute atomic E-state index is 0.0421. The van der Waals surface area contributed by atoms with Gasteiger partial charge in [-0.25, -0.2) is 9.59 Å². The van der Waals surface area contributed by atoms with Crippen molar-refractivity contribution in [3.05, 3.63) is 53.6 Å². The van der Waals surface area contributed by atoms with Crippen molar-refractivity contribution in [3.63, 3.8) is 0 Å². The van der Waals surface area contributed by atoms with E-state index >= 15 is 0 Å². The van der Waals surface area contributed by atoms with Gasteiger partial charge in [0.25, 0.3) is 5.91 Å². The Morgan fingerprint density at radius 3 is 2.21 bits per heavy atom. The number of benzene rings is 2. The van der Waals surface area contributed by atoms with Gasteiger partial charge in [0, 0.05) is 24.3 Å². The Balaban J connectivity index is 1.84. The average molecular weight is 458 g/mol. The smallest absolute Gasteiger partial charge is 0.338 e. The minimum Gasteiger partial charge on any atom is -0.490 e. The SMILES string of the molecule is CCOc1ccc(NC(=O)COC(=O)c2ccc(CNC(=O)NC(C)C)cc2)cc1OCC. The van der Waals surface area contributed by atoms with Crippen LogP contribution in [0.3, 0.4) is 0 Å². The van der Waals surface area contributed by atoms with E-state index in [-0.39, 0.29) is 12.1 Å². The number of nitrogens with one attached hydrogen (secondary N) is 3. The quantitative estimate of drug-likeness (QED) is 0.445. The Morgan fingerprint density at radius 1 is 0.909 bits per heavy atom. The maximum atomic E-state index is 12.2. The second-order valence-electron chi connectivity index (χ2n) is 7.33. The third-order valence-corrected chi connectivity index (χ3v) is 4.22. The molecule has 0 spiro atoms. The number of anilines is 1. The molecule has 2 aromatic carbocycles. The van der Waals surface area contributed by atoms with Gasteiger partial charge in [-0.05, 0) is 57.5 Å². The number of hydrogen-bond acceptors (Lipinski definition) is 6. The van der Waals surface area contributed by atoms with Crippen molar-refractivity contribution in [1.29, 1.82) is 0 Å². The summed E-state index contributed by atoms with van der Waals surface area (Å²) in [5.41, 5.74) is 1.63. The molecule has 3 amide bonds. The summed E-state index contributed by atoms with van der Waals surface area (Å²) in [6, 6.07) is 11.4. The number of carbonyl (C=O) groups is 3. The van der Waals surface area contributed by atoms with Crippen molar-refractivity contribution in [2.24, 2.45) is 0 Å². The predicted molar refractivity (Wildman–Crippen MR) is 125 cm³/mol. The summed E-state index contributed by atoms with van der Waals surface area (Å²) in [6.45, 7) is 8.30. The number of carbonyl (C=O) groups excluding carboxylic acids is 3. The first kappa shape index (κ1) is 25.5. The molecule has 0 aromatic heterocycles. The zero-order valence-electron chi connectivity index (χ0n) is 19.4. The Morgan fingerprint density at radius 2 is 1.58 bits per heavy atom. The zero-order valence-corrected chi connectivity index (χ0v) is 19.4. The first-order chi connectivity index (χ1) is 15.8. The summed E-state index contributed by atoms with van der Waals surface area (Å²) >= 11 is 0. The molecule has 2 rings (SSSR count). The molecule has 0 fully saturated rings. The molecule has 0 atom stereocenters. The van der Waals surface area contributed by atoms with Crippen LogP contribution < -0.4 is 25.4 Å². The first-order valence-electron chi connectivity index (χ1n) is 10.8. The lowest BCUT2D eigenvalue weighted by molar-refractivity contribution is -0.119. The molecule has 3 N–H and O–H groups in total. The van der Waals surface area contributed by atoms with Gasteiger partial charge in [-0.1, -0.05) is 12.1 Å². The highest BCUT2D eigenvalue weighted by molar-refractivity contribution is 5.95. The Hall–Kier alpha value is -3.75. The van der Waals surface area contributed by atoms with Crippen molar-refractivity contribution in [3.8, 4) is 11.5 Å². The summed E-state index contributed by atoms with van der Waals surface area (Å²) in [5.74, 6) is 0.00392. The molecule has 0 bridgehead atoms. The number of amides is 3. The van der Waals surface area contributed by atoms with Crippen molar-refractivity contribution >= 4 is 23.6 Å². The van der Waals surface area contributed by atoms with E-state index in [2.05, 4.69) is 16.0 Å². The van der Waals surface area contributed by atoms with Crippen molar-refractivity contribution in [2.75, 3.05) is 25.1 Å². The van der Waals surface area contributed by atoms with Gasteiger partial charge in [-0.2, -0.15) is 0 Å². The Labute approximate surface area is 193 Å². The highest BCUT2D eigenvalue weighted by atomic mass is 16.5. The van der Waals surface area contributed by atoms with Gasteiger partial charge in [0.2, 0.25) is 0 Å². The lowest BCUT2D eigenvalue weighted by Gasteiger charge is -2.13. The van der Waals surface area contributed by atoms with E-state index in [1.165, 1.54) is 0 Å². The number of urea groups is 1. The summed E-state index contributed by atoms with van der Waals surface area (Å²) in [6.07, 6.45) is 0. The van der Waals surface area contributed by atoms with E-state index in [1.54, 1.807) is 42.5 Å². The van der Waals surface area contributed by atoms with E-state index < -0.39 is 18.5 Å². The van der Waals surface area contributed by atoms with E-state index in [0.717, 1.165) is 5.56 Å². The predicted octanol–water partition coefficient (Wildman–Crippen LogP) is 3.49. The molecule has 0 radical (unpaired) electrons. The van der Waals surface area contributed by atoms with Gasteiger partial charge >= 0.3 is 12.0 Å². The van der Waals surface area contributed by atoms with Crippen molar-refractivity contribution < 1.29 is 28.6 Å². The zero-order chi connectivity index (χ0) is 24.2. The third kappa shape index (κ3) is 8.72. The normalized spacial score (nSPS) is 10.3. The molecule has 0 aliphatic carbocycles. The molecule has 0 aliphatic rings. The second kappa shape index (κ2) is 12.9. The minimum atomic E-state index is -0.621. The topological polar surface area (TPSA) is 115 Å². The molecule has 178 valence electrons. The van der Waals surface area contributed by atoms with Gasteiger partial charge in [0.05, 0.1) is 18.8 Å². The van der Waals surface area contributed by atoms with Gasteiger partial charge < -0.3 is 30.2 Å². The molecule has 0 heterocycles. The summed E-state index contributed by atoms with van der Waals surface area (Å²) in [7, 11) is 0. The van der Waals surface area contributed by atoms with Crippen LogP contribution in [0.25, 0.3) is 0 Å². The maximum absolute atomic E-state index is 12.2. The molecule has 9 heteroatoms. The highest BCUT2D eigenvalue weighted by Crippen LogP contribution is 2.30. The van der Waals surface area contributed by atoms with E-state index in [0.29, 0.717) is 42.5 Å². The van der Waals surface area contributed by atoms with Crippen LogP contribution in [0.5, 0.6) is 11.5 Å². The monoisotopic (exact) mass is 457 g/mol. The van der Waals surface area contributed by atoms with Crippen LogP contribution in [-0.4, -0.2) is 43.8 Å². The molecule has 0 aliphatic heterocycles.